The standard InChI is InChI=1S/C19H33N/c1-6-7-8-10-13-16(2)20-18(19(3,4)5)17-14-11-9-12-15-17/h9,11-12,14-16,18,20H,6-8,10,13H2,1-5H3. The van der Waals surface area contributed by atoms with Gasteiger partial charge in [-0.1, -0.05) is 83.7 Å². The van der Waals surface area contributed by atoms with E-state index in [-0.39, 0.29) is 5.41 Å². The average Bonchev–Trinajstić information content (AvgIpc) is 2.41. The Hall–Kier alpha value is -0.820. The molecule has 0 saturated heterocycles. The zero-order valence-electron chi connectivity index (χ0n) is 14.1. The van der Waals surface area contributed by atoms with Crippen molar-refractivity contribution in [1.29, 1.82) is 0 Å². The van der Waals surface area contributed by atoms with Crippen LogP contribution in [0, 0.1) is 5.41 Å². The van der Waals surface area contributed by atoms with E-state index in [2.05, 4.69) is 70.3 Å². The maximum absolute atomic E-state index is 3.85. The van der Waals surface area contributed by atoms with E-state index in [0.29, 0.717) is 12.1 Å². The van der Waals surface area contributed by atoms with Crippen LogP contribution in [-0.2, 0) is 0 Å². The summed E-state index contributed by atoms with van der Waals surface area (Å²) < 4.78 is 0. The third-order valence-electron chi connectivity index (χ3n) is 3.94. The Morgan fingerprint density at radius 2 is 1.65 bits per heavy atom. The zero-order chi connectivity index (χ0) is 15.0. The highest BCUT2D eigenvalue weighted by Gasteiger charge is 2.26. The van der Waals surface area contributed by atoms with Crippen LogP contribution in [0.4, 0.5) is 0 Å². The minimum atomic E-state index is 0.235. The SMILES string of the molecule is CCCCCCC(C)NC(c1ccccc1)C(C)(C)C. The van der Waals surface area contributed by atoms with Crippen molar-refractivity contribution in [3.63, 3.8) is 0 Å². The Bertz CT molecular complexity index is 350. The maximum atomic E-state index is 3.85. The highest BCUT2D eigenvalue weighted by Crippen LogP contribution is 2.33. The number of hydrogen-bond acceptors (Lipinski definition) is 1. The molecule has 0 fully saturated rings. The van der Waals surface area contributed by atoms with Crippen LogP contribution in [0.1, 0.15) is 78.3 Å². The number of hydrogen-bond donors (Lipinski definition) is 1. The van der Waals surface area contributed by atoms with E-state index in [1.807, 2.05) is 0 Å². The second kappa shape index (κ2) is 8.46. The lowest BCUT2D eigenvalue weighted by atomic mass is 9.82. The molecule has 0 aliphatic heterocycles. The molecule has 0 radical (unpaired) electrons. The molecule has 0 aliphatic carbocycles. The van der Waals surface area contributed by atoms with Gasteiger partial charge in [-0.15, -0.1) is 0 Å². The highest BCUT2D eigenvalue weighted by atomic mass is 15.0. The van der Waals surface area contributed by atoms with Gasteiger partial charge in [-0.05, 0) is 24.3 Å². The monoisotopic (exact) mass is 275 g/mol. The van der Waals surface area contributed by atoms with Gasteiger partial charge < -0.3 is 5.32 Å². The minimum Gasteiger partial charge on any atom is -0.307 e. The van der Waals surface area contributed by atoms with E-state index in [1.54, 1.807) is 0 Å². The van der Waals surface area contributed by atoms with Crippen LogP contribution in [-0.4, -0.2) is 6.04 Å². The molecule has 0 spiro atoms. The summed E-state index contributed by atoms with van der Waals surface area (Å²) in [5, 5.41) is 3.85. The summed E-state index contributed by atoms with van der Waals surface area (Å²) in [6.07, 6.45) is 6.67. The van der Waals surface area contributed by atoms with Crippen LogP contribution in [0.5, 0.6) is 0 Å². The molecule has 1 aromatic rings. The number of rotatable bonds is 8. The molecule has 0 aliphatic rings. The first-order valence-corrected chi connectivity index (χ1v) is 8.26. The van der Waals surface area contributed by atoms with Gasteiger partial charge in [-0.25, -0.2) is 0 Å². The lowest BCUT2D eigenvalue weighted by molar-refractivity contribution is 0.247. The lowest BCUT2D eigenvalue weighted by Gasteiger charge is -2.34. The highest BCUT2D eigenvalue weighted by molar-refractivity contribution is 5.20. The molecule has 1 N–H and O–H groups in total. The van der Waals surface area contributed by atoms with E-state index < -0.39 is 0 Å². The molecule has 20 heavy (non-hydrogen) atoms. The van der Waals surface area contributed by atoms with Crippen molar-refractivity contribution in [2.75, 3.05) is 0 Å². The summed E-state index contributed by atoms with van der Waals surface area (Å²) in [5.41, 5.74) is 1.64. The molecule has 1 heteroatoms. The molecule has 1 nitrogen and oxygen atoms in total. The van der Waals surface area contributed by atoms with Crippen LogP contribution < -0.4 is 5.32 Å². The summed E-state index contributed by atoms with van der Waals surface area (Å²) >= 11 is 0. The summed E-state index contributed by atoms with van der Waals surface area (Å²) in [7, 11) is 0. The summed E-state index contributed by atoms with van der Waals surface area (Å²) in [5.74, 6) is 0. The Labute approximate surface area is 126 Å². The first-order valence-electron chi connectivity index (χ1n) is 8.26. The van der Waals surface area contributed by atoms with Crippen molar-refractivity contribution >= 4 is 0 Å². The van der Waals surface area contributed by atoms with Crippen LogP contribution in [0.25, 0.3) is 0 Å². The molecule has 0 saturated carbocycles. The minimum absolute atomic E-state index is 0.235. The predicted molar refractivity (Wildman–Crippen MR) is 90.0 cm³/mol. The Morgan fingerprint density at radius 1 is 1.00 bits per heavy atom. The molecule has 114 valence electrons. The number of nitrogens with one attached hydrogen (secondary N) is 1. The average molecular weight is 275 g/mol. The van der Waals surface area contributed by atoms with Gasteiger partial charge in [0.2, 0.25) is 0 Å². The fraction of sp³-hybridized carbons (Fsp3) is 0.684. The predicted octanol–water partition coefficient (Wildman–Crippen LogP) is 5.72. The second-order valence-electron chi connectivity index (χ2n) is 7.13. The van der Waals surface area contributed by atoms with E-state index in [0.717, 1.165) is 0 Å². The van der Waals surface area contributed by atoms with Gasteiger partial charge in [0.05, 0.1) is 0 Å². The molecule has 1 aromatic carbocycles. The van der Waals surface area contributed by atoms with Crippen molar-refractivity contribution in [2.45, 2.75) is 78.8 Å². The third-order valence-corrected chi connectivity index (χ3v) is 3.94. The molecular weight excluding hydrogens is 242 g/mol. The van der Waals surface area contributed by atoms with Gasteiger partial charge >= 0.3 is 0 Å². The normalized spacial score (nSPS) is 15.1. The maximum Gasteiger partial charge on any atom is 0.0371 e. The van der Waals surface area contributed by atoms with Gasteiger partial charge in [0.1, 0.15) is 0 Å². The van der Waals surface area contributed by atoms with Crippen LogP contribution >= 0.6 is 0 Å². The molecule has 0 heterocycles. The zero-order valence-corrected chi connectivity index (χ0v) is 14.1. The molecule has 0 bridgehead atoms. The lowest BCUT2D eigenvalue weighted by Crippen LogP contribution is -2.38. The van der Waals surface area contributed by atoms with Crippen LogP contribution in [0.2, 0.25) is 0 Å². The van der Waals surface area contributed by atoms with E-state index in [9.17, 15) is 0 Å². The summed E-state index contributed by atoms with van der Waals surface area (Å²) in [4.78, 5) is 0. The first kappa shape index (κ1) is 17.2. The summed E-state index contributed by atoms with van der Waals surface area (Å²) in [6.45, 7) is 11.6. The molecular formula is C19H33N. The summed E-state index contributed by atoms with van der Waals surface area (Å²) in [6, 6.07) is 11.9. The molecule has 0 aromatic heterocycles. The van der Waals surface area contributed by atoms with Gasteiger partial charge in [-0.3, -0.25) is 0 Å². The quantitative estimate of drug-likeness (QED) is 0.598. The number of benzene rings is 1. The molecule has 2 atom stereocenters. The van der Waals surface area contributed by atoms with Crippen molar-refractivity contribution in [1.82, 2.24) is 5.32 Å². The topological polar surface area (TPSA) is 12.0 Å². The Balaban J connectivity index is 2.58. The molecule has 2 unspecified atom stereocenters. The van der Waals surface area contributed by atoms with Crippen molar-refractivity contribution < 1.29 is 0 Å². The van der Waals surface area contributed by atoms with Gasteiger partial charge in [0.15, 0.2) is 0 Å². The van der Waals surface area contributed by atoms with Crippen LogP contribution in [0.3, 0.4) is 0 Å². The second-order valence-corrected chi connectivity index (χ2v) is 7.13. The Kier molecular flexibility index (Phi) is 7.29. The van der Waals surface area contributed by atoms with Crippen LogP contribution in [0.15, 0.2) is 30.3 Å². The van der Waals surface area contributed by atoms with Gasteiger partial charge in [0.25, 0.3) is 0 Å². The van der Waals surface area contributed by atoms with Crippen molar-refractivity contribution in [2.24, 2.45) is 5.41 Å². The Morgan fingerprint density at radius 3 is 2.20 bits per heavy atom. The van der Waals surface area contributed by atoms with Gasteiger partial charge in [-0.2, -0.15) is 0 Å². The van der Waals surface area contributed by atoms with Crippen molar-refractivity contribution in [3.05, 3.63) is 35.9 Å². The van der Waals surface area contributed by atoms with E-state index in [4.69, 9.17) is 0 Å². The number of unbranched alkanes of at least 4 members (excludes halogenated alkanes) is 3. The fourth-order valence-corrected chi connectivity index (χ4v) is 2.74. The largest absolute Gasteiger partial charge is 0.307 e. The molecule has 0 amide bonds. The van der Waals surface area contributed by atoms with Crippen molar-refractivity contribution in [3.8, 4) is 0 Å². The molecule has 1 rings (SSSR count). The smallest absolute Gasteiger partial charge is 0.0371 e. The first-order chi connectivity index (χ1) is 9.45. The van der Waals surface area contributed by atoms with E-state index >= 15 is 0 Å². The van der Waals surface area contributed by atoms with Gasteiger partial charge in [0, 0.05) is 12.1 Å². The van der Waals surface area contributed by atoms with E-state index in [1.165, 1.54) is 37.7 Å². The fourth-order valence-electron chi connectivity index (χ4n) is 2.74. The third kappa shape index (κ3) is 6.09.